The third-order valence-corrected chi connectivity index (χ3v) is 5.00. The van der Waals surface area contributed by atoms with Crippen molar-refractivity contribution in [1.82, 2.24) is 0 Å². The molecule has 2 N–H and O–H groups in total. The Morgan fingerprint density at radius 1 is 0.931 bits per heavy atom. The van der Waals surface area contributed by atoms with Crippen LogP contribution in [-0.4, -0.2) is 23.8 Å². The number of carboxylic acids is 1. The maximum atomic E-state index is 14.4. The van der Waals surface area contributed by atoms with Gasteiger partial charge in [0, 0.05) is 11.5 Å². The van der Waals surface area contributed by atoms with E-state index in [2.05, 4.69) is 5.32 Å². The molecule has 0 aliphatic heterocycles. The Morgan fingerprint density at radius 2 is 1.55 bits per heavy atom. The van der Waals surface area contributed by atoms with Crippen molar-refractivity contribution in [2.24, 2.45) is 0 Å². The Labute approximate surface area is 166 Å². The Balaban J connectivity index is 1.48. The van der Waals surface area contributed by atoms with Crippen LogP contribution in [0.1, 0.15) is 22.6 Å². The number of amides is 1. The highest BCUT2D eigenvalue weighted by atomic mass is 19.1. The van der Waals surface area contributed by atoms with E-state index in [1.807, 2.05) is 48.5 Å². The average Bonchev–Trinajstić information content (AvgIpc) is 3.03. The van der Waals surface area contributed by atoms with Crippen LogP contribution in [0.15, 0.2) is 66.7 Å². The van der Waals surface area contributed by atoms with Crippen LogP contribution in [0.2, 0.25) is 0 Å². The predicted octanol–water partition coefficient (Wildman–Crippen LogP) is 4.81. The summed E-state index contributed by atoms with van der Waals surface area (Å²) < 4.78 is 19.8. The fraction of sp³-hybridized carbons (Fsp3) is 0.130. The number of anilines is 1. The number of hydrogen-bond donors (Lipinski definition) is 2. The summed E-state index contributed by atoms with van der Waals surface area (Å²) in [6.07, 6.45) is -1.26. The minimum atomic E-state index is -1.15. The van der Waals surface area contributed by atoms with Crippen molar-refractivity contribution in [3.63, 3.8) is 0 Å². The number of ether oxygens (including phenoxy) is 1. The lowest BCUT2D eigenvalue weighted by molar-refractivity contribution is -0.136. The molecule has 6 heteroatoms. The zero-order chi connectivity index (χ0) is 20.4. The normalized spacial score (nSPS) is 12.2. The van der Waals surface area contributed by atoms with E-state index in [1.165, 1.54) is 18.2 Å². The molecule has 1 amide bonds. The number of halogens is 1. The molecule has 0 heterocycles. The molecular formula is C23H18FNO4. The van der Waals surface area contributed by atoms with Gasteiger partial charge >= 0.3 is 12.1 Å². The topological polar surface area (TPSA) is 75.6 Å². The summed E-state index contributed by atoms with van der Waals surface area (Å²) in [5.41, 5.74) is 4.27. The minimum Gasteiger partial charge on any atom is -0.481 e. The Hall–Kier alpha value is -3.67. The summed E-state index contributed by atoms with van der Waals surface area (Å²) in [5.74, 6) is -2.03. The van der Waals surface area contributed by atoms with Gasteiger partial charge in [0.1, 0.15) is 6.61 Å². The van der Waals surface area contributed by atoms with E-state index < -0.39 is 24.3 Å². The average molecular weight is 391 g/mol. The van der Waals surface area contributed by atoms with Gasteiger partial charge in [-0.25, -0.2) is 9.18 Å². The number of fused-ring (bicyclic) bond motifs is 3. The van der Waals surface area contributed by atoms with Crippen molar-refractivity contribution in [1.29, 1.82) is 0 Å². The van der Waals surface area contributed by atoms with E-state index in [1.54, 1.807) is 0 Å². The van der Waals surface area contributed by atoms with Gasteiger partial charge in [-0.3, -0.25) is 10.1 Å². The van der Waals surface area contributed by atoms with Gasteiger partial charge in [-0.2, -0.15) is 0 Å². The Kier molecular flexibility index (Phi) is 4.99. The van der Waals surface area contributed by atoms with Crippen molar-refractivity contribution in [3.05, 3.63) is 89.2 Å². The Morgan fingerprint density at radius 3 is 2.17 bits per heavy atom. The van der Waals surface area contributed by atoms with Crippen molar-refractivity contribution in [3.8, 4) is 11.1 Å². The first kappa shape index (κ1) is 18.7. The van der Waals surface area contributed by atoms with Crippen LogP contribution in [-0.2, 0) is 16.0 Å². The molecular weight excluding hydrogens is 373 g/mol. The van der Waals surface area contributed by atoms with Crippen molar-refractivity contribution < 1.29 is 23.8 Å². The van der Waals surface area contributed by atoms with E-state index in [0.29, 0.717) is 0 Å². The fourth-order valence-electron chi connectivity index (χ4n) is 3.72. The lowest BCUT2D eigenvalue weighted by atomic mass is 9.98. The monoisotopic (exact) mass is 391 g/mol. The molecule has 1 aliphatic carbocycles. The SMILES string of the molecule is O=C(O)Cc1cccc(NC(=O)OCC2c3ccccc3-c3ccccc32)c1F. The highest BCUT2D eigenvalue weighted by Gasteiger charge is 2.29. The summed E-state index contributed by atoms with van der Waals surface area (Å²) in [6, 6.07) is 20.1. The summed E-state index contributed by atoms with van der Waals surface area (Å²) in [5, 5.41) is 11.2. The lowest BCUT2D eigenvalue weighted by Gasteiger charge is -2.15. The second-order valence-electron chi connectivity index (χ2n) is 6.80. The second-order valence-corrected chi connectivity index (χ2v) is 6.80. The third-order valence-electron chi connectivity index (χ3n) is 5.00. The van der Waals surface area contributed by atoms with E-state index in [-0.39, 0.29) is 23.8 Å². The van der Waals surface area contributed by atoms with Crippen molar-refractivity contribution in [2.75, 3.05) is 11.9 Å². The molecule has 0 radical (unpaired) electrons. The van der Waals surface area contributed by atoms with Gasteiger partial charge in [-0.05, 0) is 28.3 Å². The van der Waals surface area contributed by atoms with Gasteiger partial charge in [-0.1, -0.05) is 60.7 Å². The minimum absolute atomic E-state index is 0.00560. The van der Waals surface area contributed by atoms with Crippen LogP contribution < -0.4 is 5.32 Å². The zero-order valence-electron chi connectivity index (χ0n) is 15.4. The maximum Gasteiger partial charge on any atom is 0.411 e. The van der Waals surface area contributed by atoms with Gasteiger partial charge in [0.15, 0.2) is 5.82 Å². The quantitative estimate of drug-likeness (QED) is 0.654. The molecule has 3 aromatic carbocycles. The number of hydrogen-bond acceptors (Lipinski definition) is 3. The summed E-state index contributed by atoms with van der Waals surface area (Å²) in [4.78, 5) is 23.1. The second kappa shape index (κ2) is 7.75. The molecule has 0 bridgehead atoms. The number of carbonyl (C=O) groups excluding carboxylic acids is 1. The highest BCUT2D eigenvalue weighted by molar-refractivity contribution is 5.85. The van der Waals surface area contributed by atoms with Crippen LogP contribution in [0.4, 0.5) is 14.9 Å². The van der Waals surface area contributed by atoms with Gasteiger partial charge in [0.25, 0.3) is 0 Å². The van der Waals surface area contributed by atoms with Crippen LogP contribution in [0.5, 0.6) is 0 Å². The van der Waals surface area contributed by atoms with Gasteiger partial charge < -0.3 is 9.84 Å². The lowest BCUT2D eigenvalue weighted by Crippen LogP contribution is -2.19. The molecule has 4 rings (SSSR count). The molecule has 0 fully saturated rings. The number of nitrogens with one attached hydrogen (secondary N) is 1. The number of rotatable bonds is 5. The first-order valence-corrected chi connectivity index (χ1v) is 9.16. The van der Waals surface area contributed by atoms with Crippen molar-refractivity contribution >= 4 is 17.7 Å². The summed E-state index contributed by atoms with van der Waals surface area (Å²) in [7, 11) is 0. The Bertz CT molecular complexity index is 1050. The molecule has 1 aliphatic rings. The molecule has 29 heavy (non-hydrogen) atoms. The van der Waals surface area contributed by atoms with E-state index in [9.17, 15) is 14.0 Å². The van der Waals surface area contributed by atoms with Gasteiger partial charge in [0.05, 0.1) is 12.1 Å². The molecule has 0 unspecified atom stereocenters. The summed E-state index contributed by atoms with van der Waals surface area (Å²) >= 11 is 0. The number of carbonyl (C=O) groups is 2. The van der Waals surface area contributed by atoms with Crippen LogP contribution in [0, 0.1) is 5.82 Å². The fourth-order valence-corrected chi connectivity index (χ4v) is 3.72. The third kappa shape index (κ3) is 3.69. The van der Waals surface area contributed by atoms with E-state index in [0.717, 1.165) is 22.3 Å². The standard InChI is InChI=1S/C23H18FNO4/c24-22-14(12-21(26)27)6-5-11-20(22)25-23(28)29-13-19-17-9-3-1-7-15(17)16-8-2-4-10-18(16)19/h1-11,19H,12-13H2,(H,25,28)(H,26,27). The first-order chi connectivity index (χ1) is 14.0. The predicted molar refractivity (Wildman–Crippen MR) is 106 cm³/mol. The van der Waals surface area contributed by atoms with Crippen LogP contribution in [0.3, 0.4) is 0 Å². The maximum absolute atomic E-state index is 14.4. The molecule has 0 aromatic heterocycles. The molecule has 0 saturated heterocycles. The molecule has 146 valence electrons. The highest BCUT2D eigenvalue weighted by Crippen LogP contribution is 2.44. The number of carboxylic acid groups (broad SMARTS) is 1. The first-order valence-electron chi connectivity index (χ1n) is 9.16. The van der Waals surface area contributed by atoms with E-state index in [4.69, 9.17) is 9.84 Å². The molecule has 0 spiro atoms. The van der Waals surface area contributed by atoms with Crippen molar-refractivity contribution in [2.45, 2.75) is 12.3 Å². The smallest absolute Gasteiger partial charge is 0.411 e. The van der Waals surface area contributed by atoms with Crippen LogP contribution in [0.25, 0.3) is 11.1 Å². The molecule has 3 aromatic rings. The largest absolute Gasteiger partial charge is 0.481 e. The number of aliphatic carboxylic acids is 1. The van der Waals surface area contributed by atoms with Gasteiger partial charge in [-0.15, -0.1) is 0 Å². The molecule has 5 nitrogen and oxygen atoms in total. The van der Waals surface area contributed by atoms with Gasteiger partial charge in [0.2, 0.25) is 0 Å². The van der Waals surface area contributed by atoms with E-state index >= 15 is 0 Å². The summed E-state index contributed by atoms with van der Waals surface area (Å²) in [6.45, 7) is 0.107. The zero-order valence-corrected chi connectivity index (χ0v) is 15.4. The molecule has 0 saturated carbocycles. The number of benzene rings is 3. The van der Waals surface area contributed by atoms with Crippen LogP contribution >= 0.6 is 0 Å². The molecule has 0 atom stereocenters.